The fourth-order valence-corrected chi connectivity index (χ4v) is 3.50. The Bertz CT molecular complexity index is 557. The lowest BCUT2D eigenvalue weighted by Gasteiger charge is -2.10. The van der Waals surface area contributed by atoms with Gasteiger partial charge in [-0.2, -0.15) is 0 Å². The van der Waals surface area contributed by atoms with Crippen LogP contribution in [-0.2, 0) is 12.3 Å². The number of benzene rings is 2. The molecule has 4 heteroatoms. The summed E-state index contributed by atoms with van der Waals surface area (Å²) in [7, 11) is 0. The van der Waals surface area contributed by atoms with E-state index in [0.29, 0.717) is 0 Å². The monoisotopic (exact) mass is 369 g/mol. The van der Waals surface area contributed by atoms with Gasteiger partial charge >= 0.3 is 0 Å². The first-order chi connectivity index (χ1) is 9.69. The predicted octanol–water partition coefficient (Wildman–Crippen LogP) is 5.50. The maximum absolute atomic E-state index is 5.91. The zero-order valence-electron chi connectivity index (χ0n) is 11.3. The van der Waals surface area contributed by atoms with Crippen LogP contribution < -0.4 is 5.32 Å². The summed E-state index contributed by atoms with van der Waals surface area (Å²) in [6.45, 7) is 4.02. The van der Waals surface area contributed by atoms with E-state index < -0.39 is 0 Å². The summed E-state index contributed by atoms with van der Waals surface area (Å²) in [6.07, 6.45) is 0. The van der Waals surface area contributed by atoms with E-state index >= 15 is 0 Å². The van der Waals surface area contributed by atoms with Crippen molar-refractivity contribution in [3.05, 3.63) is 63.1 Å². The molecular formula is C16H17BrClNS. The van der Waals surface area contributed by atoms with Crippen LogP contribution >= 0.6 is 39.3 Å². The second-order valence-corrected chi connectivity index (χ2v) is 6.82. The van der Waals surface area contributed by atoms with E-state index in [2.05, 4.69) is 58.5 Å². The van der Waals surface area contributed by atoms with Crippen molar-refractivity contribution in [3.63, 3.8) is 0 Å². The summed E-state index contributed by atoms with van der Waals surface area (Å²) in [6, 6.07) is 14.5. The van der Waals surface area contributed by atoms with Crippen LogP contribution in [0.25, 0.3) is 0 Å². The standard InChI is InChI=1S/C16H17BrClNS/c1-2-19-10-13-5-6-14(17)9-16(13)20-11-12-3-7-15(18)8-4-12/h3-9,19H,2,10-11H2,1H3. The lowest BCUT2D eigenvalue weighted by atomic mass is 10.2. The van der Waals surface area contributed by atoms with Crippen molar-refractivity contribution in [1.29, 1.82) is 0 Å². The van der Waals surface area contributed by atoms with Gasteiger partial charge in [0.25, 0.3) is 0 Å². The molecule has 0 spiro atoms. The van der Waals surface area contributed by atoms with Crippen molar-refractivity contribution in [1.82, 2.24) is 5.32 Å². The van der Waals surface area contributed by atoms with Crippen LogP contribution in [0.15, 0.2) is 51.8 Å². The van der Waals surface area contributed by atoms with Gasteiger partial charge in [-0.15, -0.1) is 11.8 Å². The summed E-state index contributed by atoms with van der Waals surface area (Å²) >= 11 is 11.3. The highest BCUT2D eigenvalue weighted by atomic mass is 79.9. The molecule has 2 aromatic carbocycles. The SMILES string of the molecule is CCNCc1ccc(Br)cc1SCc1ccc(Cl)cc1. The summed E-state index contributed by atoms with van der Waals surface area (Å²) in [5.74, 6) is 0.951. The average molecular weight is 371 g/mol. The number of hydrogen-bond donors (Lipinski definition) is 1. The van der Waals surface area contributed by atoms with Crippen molar-refractivity contribution >= 4 is 39.3 Å². The topological polar surface area (TPSA) is 12.0 Å². The minimum atomic E-state index is 0.786. The molecule has 0 saturated heterocycles. The van der Waals surface area contributed by atoms with Crippen LogP contribution in [0.1, 0.15) is 18.1 Å². The Balaban J connectivity index is 2.07. The molecule has 0 aliphatic carbocycles. The zero-order valence-corrected chi connectivity index (χ0v) is 14.5. The lowest BCUT2D eigenvalue weighted by molar-refractivity contribution is 0.718. The Hall–Kier alpha value is -0.480. The third kappa shape index (κ3) is 4.81. The Morgan fingerprint density at radius 1 is 1.15 bits per heavy atom. The fourth-order valence-electron chi connectivity index (χ4n) is 1.81. The number of thioether (sulfide) groups is 1. The summed E-state index contributed by atoms with van der Waals surface area (Å²) in [5, 5.41) is 4.17. The fraction of sp³-hybridized carbons (Fsp3) is 0.250. The Labute approximate surface area is 138 Å². The number of rotatable bonds is 6. The van der Waals surface area contributed by atoms with Crippen LogP contribution in [0, 0.1) is 0 Å². The first-order valence-corrected chi connectivity index (χ1v) is 8.71. The minimum absolute atomic E-state index is 0.786. The van der Waals surface area contributed by atoms with Crippen molar-refractivity contribution in [3.8, 4) is 0 Å². The average Bonchev–Trinajstić information content (AvgIpc) is 2.46. The van der Waals surface area contributed by atoms with Crippen molar-refractivity contribution < 1.29 is 0 Å². The third-order valence-corrected chi connectivity index (χ3v) is 4.82. The Kier molecular flexibility index (Phi) is 6.43. The molecule has 1 N–H and O–H groups in total. The van der Waals surface area contributed by atoms with Crippen LogP contribution in [0.2, 0.25) is 5.02 Å². The highest BCUT2D eigenvalue weighted by Crippen LogP contribution is 2.29. The predicted molar refractivity (Wildman–Crippen MR) is 92.5 cm³/mol. The van der Waals surface area contributed by atoms with E-state index in [4.69, 9.17) is 11.6 Å². The highest BCUT2D eigenvalue weighted by molar-refractivity contribution is 9.10. The van der Waals surface area contributed by atoms with Crippen LogP contribution in [0.4, 0.5) is 0 Å². The van der Waals surface area contributed by atoms with E-state index in [9.17, 15) is 0 Å². The van der Waals surface area contributed by atoms with Crippen LogP contribution in [-0.4, -0.2) is 6.54 Å². The van der Waals surface area contributed by atoms with Gasteiger partial charge in [0.05, 0.1) is 0 Å². The van der Waals surface area contributed by atoms with Gasteiger partial charge in [-0.1, -0.05) is 52.7 Å². The molecule has 0 saturated carbocycles. The normalized spacial score (nSPS) is 10.8. The van der Waals surface area contributed by atoms with Gasteiger partial charge < -0.3 is 5.32 Å². The molecule has 1 nitrogen and oxygen atoms in total. The third-order valence-electron chi connectivity index (χ3n) is 2.90. The van der Waals surface area contributed by atoms with Gasteiger partial charge in [0, 0.05) is 26.7 Å². The molecule has 0 aromatic heterocycles. The minimum Gasteiger partial charge on any atom is -0.313 e. The molecule has 0 radical (unpaired) electrons. The molecule has 0 aliphatic rings. The first kappa shape index (κ1) is 15.9. The molecule has 0 unspecified atom stereocenters. The maximum atomic E-state index is 5.91. The molecule has 0 atom stereocenters. The summed E-state index contributed by atoms with van der Waals surface area (Å²) < 4.78 is 1.12. The quantitative estimate of drug-likeness (QED) is 0.673. The van der Waals surface area contributed by atoms with Gasteiger partial charge in [0.15, 0.2) is 0 Å². The van der Waals surface area contributed by atoms with Gasteiger partial charge in [-0.3, -0.25) is 0 Å². The largest absolute Gasteiger partial charge is 0.313 e. The van der Waals surface area contributed by atoms with Gasteiger partial charge in [0.1, 0.15) is 0 Å². The molecule has 20 heavy (non-hydrogen) atoms. The lowest BCUT2D eigenvalue weighted by Crippen LogP contribution is -2.12. The molecule has 106 valence electrons. The maximum Gasteiger partial charge on any atom is 0.0406 e. The van der Waals surface area contributed by atoms with E-state index in [-0.39, 0.29) is 0 Å². The smallest absolute Gasteiger partial charge is 0.0406 e. The van der Waals surface area contributed by atoms with Crippen molar-refractivity contribution in [2.24, 2.45) is 0 Å². The zero-order chi connectivity index (χ0) is 14.4. The summed E-state index contributed by atoms with van der Waals surface area (Å²) in [5.41, 5.74) is 2.63. The number of hydrogen-bond acceptors (Lipinski definition) is 2. The van der Waals surface area contributed by atoms with Crippen molar-refractivity contribution in [2.45, 2.75) is 24.1 Å². The molecule has 2 aromatic rings. The summed E-state index contributed by atoms with van der Waals surface area (Å²) in [4.78, 5) is 1.32. The Morgan fingerprint density at radius 2 is 1.90 bits per heavy atom. The van der Waals surface area contributed by atoms with Crippen molar-refractivity contribution in [2.75, 3.05) is 6.54 Å². The van der Waals surface area contributed by atoms with Crippen LogP contribution in [0.3, 0.4) is 0 Å². The molecule has 0 fully saturated rings. The van der Waals surface area contributed by atoms with E-state index in [1.54, 1.807) is 0 Å². The van der Waals surface area contributed by atoms with E-state index in [1.807, 2.05) is 23.9 Å². The number of nitrogens with one attached hydrogen (secondary N) is 1. The second-order valence-electron chi connectivity index (χ2n) is 4.45. The Morgan fingerprint density at radius 3 is 2.60 bits per heavy atom. The molecule has 0 heterocycles. The van der Waals surface area contributed by atoms with E-state index in [0.717, 1.165) is 28.3 Å². The molecular weight excluding hydrogens is 354 g/mol. The molecule has 2 rings (SSSR count). The molecule has 0 aliphatic heterocycles. The second kappa shape index (κ2) is 8.08. The first-order valence-electron chi connectivity index (χ1n) is 6.55. The molecule has 0 amide bonds. The highest BCUT2D eigenvalue weighted by Gasteiger charge is 2.04. The van der Waals surface area contributed by atoms with Gasteiger partial charge in [-0.25, -0.2) is 0 Å². The van der Waals surface area contributed by atoms with E-state index in [1.165, 1.54) is 16.0 Å². The van der Waals surface area contributed by atoms with Crippen LogP contribution in [0.5, 0.6) is 0 Å². The van der Waals surface area contributed by atoms with Gasteiger partial charge in [-0.05, 0) is 41.9 Å². The number of halogens is 2. The van der Waals surface area contributed by atoms with Gasteiger partial charge in [0.2, 0.25) is 0 Å². The molecule has 0 bridgehead atoms.